The molecule has 0 aliphatic rings. The van der Waals surface area contributed by atoms with Gasteiger partial charge in [-0.2, -0.15) is 9.97 Å². The van der Waals surface area contributed by atoms with Crippen LogP contribution in [-0.2, 0) is 0 Å². The Kier molecular flexibility index (Phi) is 3.60. The van der Waals surface area contributed by atoms with E-state index in [1.807, 2.05) is 18.2 Å². The van der Waals surface area contributed by atoms with Crippen LogP contribution in [0.2, 0.25) is 0 Å². The van der Waals surface area contributed by atoms with Gasteiger partial charge in [0.05, 0.1) is 10.9 Å². The molecule has 1 aromatic carbocycles. The second-order valence-electron chi connectivity index (χ2n) is 4.87. The Bertz CT molecular complexity index is 920. The largest absolute Gasteiger partial charge is 0.478 e. The quantitative estimate of drug-likeness (QED) is 0.675. The number of nitrogens with zero attached hydrogens (tertiary/aromatic N) is 3. The van der Waals surface area contributed by atoms with Crippen molar-refractivity contribution in [2.24, 2.45) is 0 Å². The SMILES string of the molecule is Nc1nc(N)c2cc(C=Cc3ccc(C(=O)O)cc3)cnc2n1. The number of carbonyl (C=O) groups is 1. The van der Waals surface area contributed by atoms with Gasteiger partial charge in [-0.05, 0) is 29.3 Å². The minimum atomic E-state index is -0.950. The van der Waals surface area contributed by atoms with E-state index in [2.05, 4.69) is 15.0 Å². The third kappa shape index (κ3) is 3.08. The van der Waals surface area contributed by atoms with Gasteiger partial charge in [0, 0.05) is 6.20 Å². The van der Waals surface area contributed by atoms with E-state index in [4.69, 9.17) is 16.6 Å². The molecule has 3 aromatic rings. The lowest BCUT2D eigenvalue weighted by molar-refractivity contribution is 0.0697. The molecule has 0 saturated heterocycles. The van der Waals surface area contributed by atoms with Crippen LogP contribution < -0.4 is 11.5 Å². The van der Waals surface area contributed by atoms with Crippen LogP contribution in [0, 0.1) is 0 Å². The molecule has 3 rings (SSSR count). The zero-order valence-electron chi connectivity index (χ0n) is 12.0. The maximum Gasteiger partial charge on any atom is 0.335 e. The minimum absolute atomic E-state index is 0.0873. The Labute approximate surface area is 131 Å². The van der Waals surface area contributed by atoms with Gasteiger partial charge in [0.1, 0.15) is 5.82 Å². The van der Waals surface area contributed by atoms with E-state index >= 15 is 0 Å². The molecule has 0 spiro atoms. The highest BCUT2D eigenvalue weighted by atomic mass is 16.4. The molecule has 7 heteroatoms. The van der Waals surface area contributed by atoms with E-state index in [-0.39, 0.29) is 17.3 Å². The summed E-state index contributed by atoms with van der Waals surface area (Å²) in [6.07, 6.45) is 5.34. The van der Waals surface area contributed by atoms with Gasteiger partial charge in [0.15, 0.2) is 5.65 Å². The Balaban J connectivity index is 1.90. The molecule has 0 radical (unpaired) electrons. The number of fused-ring (bicyclic) bond motifs is 1. The number of pyridine rings is 1. The average molecular weight is 307 g/mol. The van der Waals surface area contributed by atoms with E-state index in [1.165, 1.54) is 0 Å². The summed E-state index contributed by atoms with van der Waals surface area (Å²) in [4.78, 5) is 23.0. The normalized spacial score (nSPS) is 11.1. The van der Waals surface area contributed by atoms with Crippen molar-refractivity contribution in [2.45, 2.75) is 0 Å². The molecule has 0 atom stereocenters. The molecule has 5 N–H and O–H groups in total. The highest BCUT2D eigenvalue weighted by molar-refractivity contribution is 5.89. The second-order valence-corrected chi connectivity index (χ2v) is 4.87. The highest BCUT2D eigenvalue weighted by Crippen LogP contribution is 2.19. The first-order valence-electron chi connectivity index (χ1n) is 6.73. The summed E-state index contributed by atoms with van der Waals surface area (Å²) in [6.45, 7) is 0. The second kappa shape index (κ2) is 5.72. The van der Waals surface area contributed by atoms with E-state index in [0.29, 0.717) is 11.0 Å². The standard InChI is InChI=1S/C16H13N5O2/c17-13-12-7-10(8-19-14(12)21-16(18)20-13)2-1-9-3-5-11(6-4-9)15(22)23/h1-8H,(H,22,23)(H4,17,18,19,20,21). The van der Waals surface area contributed by atoms with Crippen molar-refractivity contribution in [3.05, 3.63) is 53.2 Å². The third-order valence-corrected chi connectivity index (χ3v) is 3.25. The van der Waals surface area contributed by atoms with Crippen LogP contribution >= 0.6 is 0 Å². The Morgan fingerprint density at radius 3 is 2.43 bits per heavy atom. The van der Waals surface area contributed by atoms with E-state index in [0.717, 1.165) is 11.1 Å². The summed E-state index contributed by atoms with van der Waals surface area (Å²) >= 11 is 0. The molecule has 7 nitrogen and oxygen atoms in total. The lowest BCUT2D eigenvalue weighted by Crippen LogP contribution is -2.01. The van der Waals surface area contributed by atoms with Gasteiger partial charge < -0.3 is 16.6 Å². The van der Waals surface area contributed by atoms with Gasteiger partial charge in [-0.1, -0.05) is 24.3 Å². The summed E-state index contributed by atoms with van der Waals surface area (Å²) < 4.78 is 0. The molecule has 0 saturated carbocycles. The molecule has 0 aliphatic heterocycles. The Morgan fingerprint density at radius 2 is 1.74 bits per heavy atom. The summed E-state index contributed by atoms with van der Waals surface area (Å²) in [7, 11) is 0. The fourth-order valence-corrected chi connectivity index (χ4v) is 2.09. The zero-order valence-corrected chi connectivity index (χ0v) is 12.0. The fourth-order valence-electron chi connectivity index (χ4n) is 2.09. The van der Waals surface area contributed by atoms with Crippen LogP contribution in [0.4, 0.5) is 11.8 Å². The van der Waals surface area contributed by atoms with E-state index in [1.54, 1.807) is 30.5 Å². The van der Waals surface area contributed by atoms with Crippen molar-refractivity contribution in [3.8, 4) is 0 Å². The Morgan fingerprint density at radius 1 is 1.04 bits per heavy atom. The average Bonchev–Trinajstić information content (AvgIpc) is 2.53. The number of aromatic nitrogens is 3. The van der Waals surface area contributed by atoms with Crippen molar-refractivity contribution in [2.75, 3.05) is 11.5 Å². The molecule has 23 heavy (non-hydrogen) atoms. The maximum absolute atomic E-state index is 10.8. The van der Waals surface area contributed by atoms with Crippen LogP contribution in [0.15, 0.2) is 36.5 Å². The zero-order chi connectivity index (χ0) is 16.4. The molecular weight excluding hydrogens is 294 g/mol. The fraction of sp³-hybridized carbons (Fsp3) is 0. The number of nitrogens with two attached hydrogens (primary N) is 2. The smallest absolute Gasteiger partial charge is 0.335 e. The van der Waals surface area contributed by atoms with Crippen molar-refractivity contribution in [1.29, 1.82) is 0 Å². The van der Waals surface area contributed by atoms with Gasteiger partial charge in [-0.3, -0.25) is 0 Å². The summed E-state index contributed by atoms with van der Waals surface area (Å²) in [5, 5.41) is 9.50. The van der Waals surface area contributed by atoms with Gasteiger partial charge in [-0.15, -0.1) is 0 Å². The highest BCUT2D eigenvalue weighted by Gasteiger charge is 2.05. The summed E-state index contributed by atoms with van der Waals surface area (Å²) in [5.41, 5.74) is 13.7. The van der Waals surface area contributed by atoms with Crippen LogP contribution in [0.25, 0.3) is 23.2 Å². The van der Waals surface area contributed by atoms with E-state index < -0.39 is 5.97 Å². The summed E-state index contributed by atoms with van der Waals surface area (Å²) in [5.74, 6) is -0.584. The molecule has 0 unspecified atom stereocenters. The van der Waals surface area contributed by atoms with Crippen molar-refractivity contribution < 1.29 is 9.90 Å². The number of nitrogen functional groups attached to an aromatic ring is 2. The first-order valence-corrected chi connectivity index (χ1v) is 6.73. The number of hydrogen-bond acceptors (Lipinski definition) is 6. The predicted molar refractivity (Wildman–Crippen MR) is 88.5 cm³/mol. The summed E-state index contributed by atoms with van der Waals surface area (Å²) in [6, 6.07) is 8.38. The molecule has 0 amide bonds. The number of hydrogen-bond donors (Lipinski definition) is 3. The lowest BCUT2D eigenvalue weighted by atomic mass is 10.1. The van der Waals surface area contributed by atoms with Gasteiger partial charge in [-0.25, -0.2) is 9.78 Å². The number of anilines is 2. The first kappa shape index (κ1) is 14.5. The number of benzene rings is 1. The maximum atomic E-state index is 10.8. The van der Waals surface area contributed by atoms with E-state index in [9.17, 15) is 4.79 Å². The molecule has 0 fully saturated rings. The number of carboxylic acids is 1. The molecule has 2 heterocycles. The number of rotatable bonds is 3. The number of aromatic carboxylic acids is 1. The van der Waals surface area contributed by atoms with Gasteiger partial charge >= 0.3 is 5.97 Å². The number of carboxylic acid groups (broad SMARTS) is 1. The molecule has 2 aromatic heterocycles. The van der Waals surface area contributed by atoms with Crippen LogP contribution in [-0.4, -0.2) is 26.0 Å². The van der Waals surface area contributed by atoms with Crippen molar-refractivity contribution >= 4 is 40.9 Å². The van der Waals surface area contributed by atoms with Crippen LogP contribution in [0.5, 0.6) is 0 Å². The predicted octanol–water partition coefficient (Wildman–Crippen LogP) is 2.06. The van der Waals surface area contributed by atoms with Gasteiger partial charge in [0.25, 0.3) is 0 Å². The first-order chi connectivity index (χ1) is 11.0. The lowest BCUT2D eigenvalue weighted by Gasteiger charge is -2.02. The van der Waals surface area contributed by atoms with Gasteiger partial charge in [0.2, 0.25) is 5.95 Å². The monoisotopic (exact) mass is 307 g/mol. The molecule has 0 aliphatic carbocycles. The topological polar surface area (TPSA) is 128 Å². The Hall–Kier alpha value is -3.48. The molecular formula is C16H13N5O2. The molecule has 0 bridgehead atoms. The van der Waals surface area contributed by atoms with Crippen LogP contribution in [0.3, 0.4) is 0 Å². The van der Waals surface area contributed by atoms with Crippen molar-refractivity contribution in [1.82, 2.24) is 15.0 Å². The van der Waals surface area contributed by atoms with Crippen LogP contribution in [0.1, 0.15) is 21.5 Å². The van der Waals surface area contributed by atoms with Crippen molar-refractivity contribution in [3.63, 3.8) is 0 Å². The molecule has 114 valence electrons. The minimum Gasteiger partial charge on any atom is -0.478 e. The third-order valence-electron chi connectivity index (χ3n) is 3.25.